The van der Waals surface area contributed by atoms with Gasteiger partial charge in [-0.2, -0.15) is 0 Å². The molecule has 28 heavy (non-hydrogen) atoms. The maximum Gasteiger partial charge on any atom is 0.307 e. The van der Waals surface area contributed by atoms with E-state index in [-0.39, 0.29) is 12.0 Å². The molecule has 0 radical (unpaired) electrons. The maximum absolute atomic E-state index is 11.2. The zero-order chi connectivity index (χ0) is 20.3. The van der Waals surface area contributed by atoms with Crippen LogP contribution >= 0.6 is 11.6 Å². The fraction of sp³-hybridized carbons (Fsp3) is 0.435. The number of likely N-dealkylation sites (tertiary alicyclic amines) is 1. The molecular formula is C23H29ClN2O2. The minimum Gasteiger partial charge on any atom is -0.481 e. The van der Waals surface area contributed by atoms with Gasteiger partial charge >= 0.3 is 5.97 Å². The van der Waals surface area contributed by atoms with E-state index in [0.717, 1.165) is 42.2 Å². The minimum absolute atomic E-state index is 0.216. The Labute approximate surface area is 172 Å². The third kappa shape index (κ3) is 4.68. The fourth-order valence-corrected chi connectivity index (χ4v) is 4.04. The van der Waals surface area contributed by atoms with E-state index in [9.17, 15) is 9.90 Å². The second-order valence-corrected chi connectivity index (χ2v) is 8.17. The zero-order valence-electron chi connectivity index (χ0n) is 16.8. The van der Waals surface area contributed by atoms with E-state index >= 15 is 0 Å². The number of anilines is 1. The van der Waals surface area contributed by atoms with Crippen LogP contribution in [-0.2, 0) is 11.3 Å². The van der Waals surface area contributed by atoms with Gasteiger partial charge < -0.3 is 10.4 Å². The summed E-state index contributed by atoms with van der Waals surface area (Å²) >= 11 is 6.18. The van der Waals surface area contributed by atoms with Crippen molar-refractivity contribution < 1.29 is 9.90 Å². The normalized spacial score (nSPS) is 18.2. The van der Waals surface area contributed by atoms with E-state index < -0.39 is 5.97 Å². The highest BCUT2D eigenvalue weighted by atomic mass is 35.5. The standard InChI is InChI=1S/C23H29ClN2O2/c1-4-21(17-8-9-20(24)15(2)12-17)25-22-7-5-6-18(16(22)3)13-26-11-10-19(14-26)23(27)28/h5-9,12,19,21,25H,4,10-11,13-14H2,1-3H3,(H,27,28)/t19?,21-/m1/s1. The van der Waals surface area contributed by atoms with Gasteiger partial charge in [-0.3, -0.25) is 9.69 Å². The van der Waals surface area contributed by atoms with E-state index in [0.29, 0.717) is 6.54 Å². The van der Waals surface area contributed by atoms with E-state index in [1.54, 1.807) is 0 Å². The number of nitrogens with one attached hydrogen (secondary N) is 1. The number of hydrogen-bond acceptors (Lipinski definition) is 3. The lowest BCUT2D eigenvalue weighted by Crippen LogP contribution is -2.23. The second kappa shape index (κ2) is 8.97. The molecule has 150 valence electrons. The molecule has 2 aromatic carbocycles. The van der Waals surface area contributed by atoms with Crippen LogP contribution in [0, 0.1) is 19.8 Å². The van der Waals surface area contributed by atoms with Gasteiger partial charge in [0.2, 0.25) is 0 Å². The lowest BCUT2D eigenvalue weighted by Gasteiger charge is -2.23. The molecule has 1 unspecified atom stereocenters. The van der Waals surface area contributed by atoms with Gasteiger partial charge in [-0.05, 0) is 67.6 Å². The zero-order valence-corrected chi connectivity index (χ0v) is 17.6. The molecule has 0 amide bonds. The molecule has 1 aliphatic rings. The van der Waals surface area contributed by atoms with Crippen LogP contribution in [0.15, 0.2) is 36.4 Å². The molecule has 0 saturated carbocycles. The van der Waals surface area contributed by atoms with Crippen LogP contribution in [0.2, 0.25) is 5.02 Å². The quantitative estimate of drug-likeness (QED) is 0.650. The van der Waals surface area contributed by atoms with E-state index in [2.05, 4.69) is 54.4 Å². The molecule has 0 aromatic heterocycles. The third-order valence-corrected chi connectivity index (χ3v) is 6.21. The number of halogens is 1. The Morgan fingerprint density at radius 3 is 2.75 bits per heavy atom. The number of carboxylic acids is 1. The molecular weight excluding hydrogens is 372 g/mol. The summed E-state index contributed by atoms with van der Waals surface area (Å²) in [5, 5.41) is 13.7. The number of carbonyl (C=O) groups is 1. The Balaban J connectivity index is 1.74. The number of benzene rings is 2. The molecule has 0 bridgehead atoms. The first kappa shape index (κ1) is 20.7. The molecule has 0 aliphatic carbocycles. The smallest absolute Gasteiger partial charge is 0.307 e. The molecule has 1 heterocycles. The van der Waals surface area contributed by atoms with Crippen molar-refractivity contribution in [3.63, 3.8) is 0 Å². The molecule has 4 nitrogen and oxygen atoms in total. The van der Waals surface area contributed by atoms with E-state index in [1.165, 1.54) is 16.7 Å². The van der Waals surface area contributed by atoms with Gasteiger partial charge in [0.05, 0.1) is 12.0 Å². The first-order valence-electron chi connectivity index (χ1n) is 9.95. The SMILES string of the molecule is CC[C@@H](Nc1cccc(CN2CCC(C(=O)O)C2)c1C)c1ccc(Cl)c(C)c1. The van der Waals surface area contributed by atoms with Crippen molar-refractivity contribution in [1.82, 2.24) is 4.90 Å². The molecule has 2 N–H and O–H groups in total. The van der Waals surface area contributed by atoms with Crippen LogP contribution in [0.1, 0.15) is 48.1 Å². The minimum atomic E-state index is -0.682. The summed E-state index contributed by atoms with van der Waals surface area (Å²) in [7, 11) is 0. The van der Waals surface area contributed by atoms with Crippen LogP contribution < -0.4 is 5.32 Å². The molecule has 1 aliphatic heterocycles. The van der Waals surface area contributed by atoms with Crippen molar-refractivity contribution in [3.8, 4) is 0 Å². The Morgan fingerprint density at radius 1 is 1.32 bits per heavy atom. The fourth-order valence-electron chi connectivity index (χ4n) is 3.92. The van der Waals surface area contributed by atoms with Crippen LogP contribution in [0.4, 0.5) is 5.69 Å². The summed E-state index contributed by atoms with van der Waals surface area (Å²) in [5.41, 5.74) is 5.93. The van der Waals surface area contributed by atoms with E-state index in [1.807, 2.05) is 13.0 Å². The van der Waals surface area contributed by atoms with Crippen LogP contribution in [0.5, 0.6) is 0 Å². The van der Waals surface area contributed by atoms with Gasteiger partial charge in [0, 0.05) is 23.8 Å². The van der Waals surface area contributed by atoms with Crippen molar-refractivity contribution in [3.05, 3.63) is 63.7 Å². The summed E-state index contributed by atoms with van der Waals surface area (Å²) in [6, 6.07) is 12.8. The summed E-state index contributed by atoms with van der Waals surface area (Å²) < 4.78 is 0. The first-order valence-corrected chi connectivity index (χ1v) is 10.3. The average Bonchev–Trinajstić information content (AvgIpc) is 3.14. The van der Waals surface area contributed by atoms with Crippen LogP contribution in [-0.4, -0.2) is 29.1 Å². The largest absolute Gasteiger partial charge is 0.481 e. The molecule has 2 atom stereocenters. The number of hydrogen-bond donors (Lipinski definition) is 2. The Kier molecular flexibility index (Phi) is 6.63. The average molecular weight is 401 g/mol. The molecule has 1 fully saturated rings. The predicted molar refractivity (Wildman–Crippen MR) is 115 cm³/mol. The van der Waals surface area contributed by atoms with Gasteiger partial charge in [0.15, 0.2) is 0 Å². The highest BCUT2D eigenvalue weighted by Crippen LogP contribution is 2.29. The van der Waals surface area contributed by atoms with Crippen molar-refractivity contribution in [2.24, 2.45) is 5.92 Å². The van der Waals surface area contributed by atoms with Gasteiger partial charge in [0.25, 0.3) is 0 Å². The number of aliphatic carboxylic acids is 1. The number of carboxylic acid groups (broad SMARTS) is 1. The van der Waals surface area contributed by atoms with E-state index in [4.69, 9.17) is 11.6 Å². The summed E-state index contributed by atoms with van der Waals surface area (Å²) in [6.07, 6.45) is 1.71. The monoisotopic (exact) mass is 400 g/mol. The Morgan fingerprint density at radius 2 is 2.11 bits per heavy atom. The van der Waals surface area contributed by atoms with Gasteiger partial charge in [-0.15, -0.1) is 0 Å². The number of aryl methyl sites for hydroxylation is 1. The maximum atomic E-state index is 11.2. The first-order chi connectivity index (χ1) is 13.4. The number of nitrogens with zero attached hydrogens (tertiary/aromatic N) is 1. The summed E-state index contributed by atoms with van der Waals surface area (Å²) in [5.74, 6) is -0.919. The summed E-state index contributed by atoms with van der Waals surface area (Å²) in [4.78, 5) is 13.5. The molecule has 3 rings (SSSR count). The molecule has 5 heteroatoms. The second-order valence-electron chi connectivity index (χ2n) is 7.76. The predicted octanol–water partition coefficient (Wildman–Crippen LogP) is 5.43. The Hall–Kier alpha value is -2.04. The number of rotatable bonds is 7. The van der Waals surface area contributed by atoms with Gasteiger partial charge in [0.1, 0.15) is 0 Å². The van der Waals surface area contributed by atoms with Crippen LogP contribution in [0.3, 0.4) is 0 Å². The summed E-state index contributed by atoms with van der Waals surface area (Å²) in [6.45, 7) is 8.62. The van der Waals surface area contributed by atoms with Crippen molar-refractivity contribution in [1.29, 1.82) is 0 Å². The topological polar surface area (TPSA) is 52.6 Å². The third-order valence-electron chi connectivity index (χ3n) is 5.78. The molecule has 1 saturated heterocycles. The highest BCUT2D eigenvalue weighted by Gasteiger charge is 2.28. The van der Waals surface area contributed by atoms with Crippen molar-refractivity contribution in [2.45, 2.75) is 46.2 Å². The highest BCUT2D eigenvalue weighted by molar-refractivity contribution is 6.31. The lowest BCUT2D eigenvalue weighted by atomic mass is 10.00. The molecule has 2 aromatic rings. The lowest BCUT2D eigenvalue weighted by molar-refractivity contribution is -0.141. The Bertz CT molecular complexity index is 852. The van der Waals surface area contributed by atoms with Gasteiger partial charge in [-0.25, -0.2) is 0 Å². The van der Waals surface area contributed by atoms with Crippen molar-refractivity contribution in [2.75, 3.05) is 18.4 Å². The van der Waals surface area contributed by atoms with Crippen molar-refractivity contribution >= 4 is 23.3 Å². The van der Waals surface area contributed by atoms with Crippen LogP contribution in [0.25, 0.3) is 0 Å². The molecule has 0 spiro atoms. The van der Waals surface area contributed by atoms with Gasteiger partial charge in [-0.1, -0.05) is 42.8 Å².